The Bertz CT molecular complexity index is 486. The third-order valence-electron chi connectivity index (χ3n) is 3.59. The average molecular weight is 412 g/mol. The number of halogens is 1. The number of anilines is 1. The van der Waals surface area contributed by atoms with E-state index in [1.54, 1.807) is 0 Å². The second-order valence-corrected chi connectivity index (χ2v) is 7.10. The highest BCUT2D eigenvalue weighted by atomic mass is 127. The Morgan fingerprint density at radius 3 is 2.41 bits per heavy atom. The number of alkyl halides is 1. The molecular weight excluding hydrogens is 383 g/mol. The monoisotopic (exact) mass is 412 g/mol. The molecule has 1 aromatic carbocycles. The first-order chi connectivity index (χ1) is 10.6. The highest BCUT2D eigenvalue weighted by molar-refractivity contribution is 14.1. The molecule has 122 valence electrons. The Morgan fingerprint density at radius 2 is 1.73 bits per heavy atom. The lowest BCUT2D eigenvalue weighted by Crippen LogP contribution is -2.10. The molecular formula is C19H29IN2. The van der Waals surface area contributed by atoms with Crippen LogP contribution in [0.15, 0.2) is 18.2 Å². The molecule has 0 aliphatic heterocycles. The van der Waals surface area contributed by atoms with Crippen LogP contribution in [0.1, 0.15) is 49.7 Å². The normalized spacial score (nSPS) is 10.5. The maximum Gasteiger partial charge on any atom is 0.0600 e. The largest absolute Gasteiger partial charge is 0.398 e. The predicted octanol–water partition coefficient (Wildman–Crippen LogP) is 4.50. The van der Waals surface area contributed by atoms with Crippen LogP contribution < -0.4 is 5.73 Å². The molecule has 0 aliphatic rings. The minimum absolute atomic E-state index is 0.765. The summed E-state index contributed by atoms with van der Waals surface area (Å²) >= 11 is 2.46. The summed E-state index contributed by atoms with van der Waals surface area (Å²) in [5.74, 6) is 6.35. The van der Waals surface area contributed by atoms with Crippen molar-refractivity contribution in [3.05, 3.63) is 29.3 Å². The molecule has 0 fully saturated rings. The maximum absolute atomic E-state index is 6.01. The van der Waals surface area contributed by atoms with Gasteiger partial charge >= 0.3 is 0 Å². The lowest BCUT2D eigenvalue weighted by atomic mass is 10.0. The van der Waals surface area contributed by atoms with E-state index in [4.69, 9.17) is 5.73 Å². The molecule has 1 rings (SSSR count). The minimum Gasteiger partial charge on any atom is -0.398 e. The van der Waals surface area contributed by atoms with Crippen LogP contribution in [0, 0.1) is 11.8 Å². The molecule has 0 aliphatic carbocycles. The zero-order valence-corrected chi connectivity index (χ0v) is 16.2. The zero-order chi connectivity index (χ0) is 16.2. The molecule has 1 aromatic rings. The van der Waals surface area contributed by atoms with Crippen LogP contribution >= 0.6 is 22.6 Å². The van der Waals surface area contributed by atoms with Gasteiger partial charge in [0, 0.05) is 11.3 Å². The second-order valence-electron chi connectivity index (χ2n) is 6.02. The Labute approximate surface area is 150 Å². The molecule has 0 amide bonds. The Kier molecular flexibility index (Phi) is 10.3. The van der Waals surface area contributed by atoms with Gasteiger partial charge in [-0.15, -0.1) is 0 Å². The molecule has 2 nitrogen and oxygen atoms in total. The van der Waals surface area contributed by atoms with Gasteiger partial charge in [0.15, 0.2) is 0 Å². The fraction of sp³-hybridized carbons (Fsp3) is 0.579. The van der Waals surface area contributed by atoms with Crippen molar-refractivity contribution in [3.8, 4) is 11.8 Å². The number of aryl methyl sites for hydroxylation is 1. The molecule has 0 saturated carbocycles. The van der Waals surface area contributed by atoms with Gasteiger partial charge in [0.1, 0.15) is 0 Å². The van der Waals surface area contributed by atoms with Crippen molar-refractivity contribution in [1.82, 2.24) is 4.90 Å². The third kappa shape index (κ3) is 8.65. The molecule has 2 N–H and O–H groups in total. The van der Waals surface area contributed by atoms with Gasteiger partial charge in [-0.25, -0.2) is 0 Å². The van der Waals surface area contributed by atoms with Crippen LogP contribution in [0.5, 0.6) is 0 Å². The highest BCUT2D eigenvalue weighted by Crippen LogP contribution is 2.16. The standard InChI is InChI=1S/C19H29IN2/c1-22(2)15-9-11-18-16-17(12-13-19(18)21)10-7-5-3-4-6-8-14-20/h12-13,16H,3-8,10,14-15,21H2,1-2H3. The smallest absolute Gasteiger partial charge is 0.0600 e. The van der Waals surface area contributed by atoms with Gasteiger partial charge in [-0.3, -0.25) is 4.90 Å². The van der Waals surface area contributed by atoms with Crippen LogP contribution in [0.4, 0.5) is 5.69 Å². The van der Waals surface area contributed by atoms with Gasteiger partial charge in [-0.1, -0.05) is 66.2 Å². The topological polar surface area (TPSA) is 29.3 Å². The number of unbranched alkanes of at least 4 members (excludes halogenated alkanes) is 5. The van der Waals surface area contributed by atoms with Gasteiger partial charge in [0.25, 0.3) is 0 Å². The Hall–Kier alpha value is -0.730. The van der Waals surface area contributed by atoms with Crippen molar-refractivity contribution in [2.75, 3.05) is 30.8 Å². The van der Waals surface area contributed by atoms with E-state index < -0.39 is 0 Å². The van der Waals surface area contributed by atoms with Gasteiger partial charge in [-0.05, 0) is 55.5 Å². The predicted molar refractivity (Wildman–Crippen MR) is 107 cm³/mol. The maximum atomic E-state index is 6.01. The number of nitrogen functional groups attached to an aromatic ring is 1. The highest BCUT2D eigenvalue weighted by Gasteiger charge is 1.99. The van der Waals surface area contributed by atoms with Crippen LogP contribution in [0.3, 0.4) is 0 Å². The summed E-state index contributed by atoms with van der Waals surface area (Å²) in [7, 11) is 4.04. The summed E-state index contributed by atoms with van der Waals surface area (Å²) in [4.78, 5) is 2.06. The van der Waals surface area contributed by atoms with E-state index in [0.29, 0.717) is 0 Å². The number of rotatable bonds is 9. The molecule has 0 bridgehead atoms. The molecule has 22 heavy (non-hydrogen) atoms. The van der Waals surface area contributed by atoms with Crippen LogP contribution in [-0.2, 0) is 6.42 Å². The Morgan fingerprint density at radius 1 is 1.05 bits per heavy atom. The van der Waals surface area contributed by atoms with Crippen molar-refractivity contribution in [2.45, 2.75) is 44.9 Å². The summed E-state index contributed by atoms with van der Waals surface area (Å²) in [5, 5.41) is 0. The SMILES string of the molecule is CN(C)CC#Cc1cc(CCCCCCCCI)ccc1N. The first-order valence-corrected chi connectivity index (χ1v) is 9.74. The first kappa shape index (κ1) is 19.3. The quantitative estimate of drug-likeness (QED) is 0.213. The zero-order valence-electron chi connectivity index (χ0n) is 14.0. The lowest BCUT2D eigenvalue weighted by molar-refractivity contribution is 0.464. The molecule has 0 aromatic heterocycles. The van der Waals surface area contributed by atoms with E-state index in [-0.39, 0.29) is 0 Å². The van der Waals surface area contributed by atoms with Crippen molar-refractivity contribution >= 4 is 28.3 Å². The molecule has 0 unspecified atom stereocenters. The van der Waals surface area contributed by atoms with Crippen molar-refractivity contribution in [1.29, 1.82) is 0 Å². The second kappa shape index (κ2) is 11.8. The summed E-state index contributed by atoms with van der Waals surface area (Å²) in [6.45, 7) is 0.765. The molecule has 0 spiro atoms. The van der Waals surface area contributed by atoms with E-state index in [0.717, 1.165) is 24.2 Å². The van der Waals surface area contributed by atoms with Crippen LogP contribution in [0.25, 0.3) is 0 Å². The molecule has 0 heterocycles. The van der Waals surface area contributed by atoms with E-state index in [1.807, 2.05) is 20.2 Å². The summed E-state index contributed by atoms with van der Waals surface area (Å²) in [6, 6.07) is 6.30. The third-order valence-corrected chi connectivity index (χ3v) is 4.35. The first-order valence-electron chi connectivity index (χ1n) is 8.21. The van der Waals surface area contributed by atoms with Gasteiger partial charge in [-0.2, -0.15) is 0 Å². The summed E-state index contributed by atoms with van der Waals surface area (Å²) < 4.78 is 1.29. The average Bonchev–Trinajstić information content (AvgIpc) is 2.49. The van der Waals surface area contributed by atoms with Gasteiger partial charge in [0.2, 0.25) is 0 Å². The van der Waals surface area contributed by atoms with E-state index >= 15 is 0 Å². The molecule has 0 atom stereocenters. The fourth-order valence-electron chi connectivity index (χ4n) is 2.29. The van der Waals surface area contributed by atoms with Gasteiger partial charge in [0.05, 0.1) is 6.54 Å². The van der Waals surface area contributed by atoms with Crippen molar-refractivity contribution in [3.63, 3.8) is 0 Å². The fourth-order valence-corrected chi connectivity index (χ4v) is 2.83. The van der Waals surface area contributed by atoms with E-state index in [1.165, 1.54) is 48.5 Å². The molecule has 0 radical (unpaired) electrons. The lowest BCUT2D eigenvalue weighted by Gasteiger charge is -2.05. The van der Waals surface area contributed by atoms with Crippen LogP contribution in [-0.4, -0.2) is 30.0 Å². The summed E-state index contributed by atoms with van der Waals surface area (Å²) in [5.41, 5.74) is 9.13. The number of benzene rings is 1. The van der Waals surface area contributed by atoms with E-state index in [2.05, 4.69) is 51.5 Å². The molecule has 0 saturated heterocycles. The van der Waals surface area contributed by atoms with Crippen LogP contribution in [0.2, 0.25) is 0 Å². The number of nitrogens with zero attached hydrogens (tertiary/aromatic N) is 1. The number of hydrogen-bond donors (Lipinski definition) is 1. The number of hydrogen-bond acceptors (Lipinski definition) is 2. The molecule has 3 heteroatoms. The summed E-state index contributed by atoms with van der Waals surface area (Å²) in [6.07, 6.45) is 9.22. The van der Waals surface area contributed by atoms with Gasteiger partial charge < -0.3 is 5.73 Å². The van der Waals surface area contributed by atoms with E-state index in [9.17, 15) is 0 Å². The van der Waals surface area contributed by atoms with Crippen molar-refractivity contribution < 1.29 is 0 Å². The minimum atomic E-state index is 0.765. The van der Waals surface area contributed by atoms with Crippen molar-refractivity contribution in [2.24, 2.45) is 0 Å². The Balaban J connectivity index is 2.39. The number of nitrogens with two attached hydrogens (primary N) is 1.